The summed E-state index contributed by atoms with van der Waals surface area (Å²) < 4.78 is 6.15. The highest BCUT2D eigenvalue weighted by Gasteiger charge is 2.14. The van der Waals surface area contributed by atoms with Crippen molar-refractivity contribution < 1.29 is 19.4 Å². The molecule has 2 rings (SSSR count). The molecule has 1 aromatic carbocycles. The number of nitrogens with zero attached hydrogens (tertiary/aromatic N) is 3. The maximum atomic E-state index is 12.0. The van der Waals surface area contributed by atoms with Crippen molar-refractivity contribution in [2.75, 3.05) is 12.4 Å². The van der Waals surface area contributed by atoms with E-state index in [0.29, 0.717) is 16.5 Å². The summed E-state index contributed by atoms with van der Waals surface area (Å²) in [5.74, 6) is -1.19. The van der Waals surface area contributed by atoms with Gasteiger partial charge in [-0.1, -0.05) is 16.8 Å². The summed E-state index contributed by atoms with van der Waals surface area (Å²) in [7, 11) is 1.46. The fraction of sp³-hybridized carbons (Fsp3) is 0.167. The van der Waals surface area contributed by atoms with E-state index in [0.717, 1.165) is 4.68 Å². The van der Waals surface area contributed by atoms with Crippen molar-refractivity contribution in [2.45, 2.75) is 6.54 Å². The number of hydrogen-bond donors (Lipinski definition) is 2. The molecule has 2 N–H and O–H groups in total. The number of ether oxygens (including phenoxy) is 1. The lowest BCUT2D eigenvalue weighted by Crippen LogP contribution is -2.13. The Hall–Kier alpha value is -2.61. The first kappa shape index (κ1) is 14.8. The molecule has 0 radical (unpaired) electrons. The van der Waals surface area contributed by atoms with Gasteiger partial charge in [-0.2, -0.15) is 0 Å². The summed E-state index contributed by atoms with van der Waals surface area (Å²) in [6.07, 6.45) is 1.24. The zero-order valence-electron chi connectivity index (χ0n) is 10.9. The molecule has 1 aromatic heterocycles. The van der Waals surface area contributed by atoms with Crippen LogP contribution in [-0.2, 0) is 11.3 Å². The van der Waals surface area contributed by atoms with Gasteiger partial charge in [0, 0.05) is 5.02 Å². The lowest BCUT2D eigenvalue weighted by Gasteiger charge is -2.09. The molecule has 0 aliphatic carbocycles. The summed E-state index contributed by atoms with van der Waals surface area (Å²) in [5.41, 5.74) is 0.362. The average molecular weight is 311 g/mol. The van der Waals surface area contributed by atoms with Gasteiger partial charge in [-0.05, 0) is 18.2 Å². The molecule has 0 bridgehead atoms. The lowest BCUT2D eigenvalue weighted by atomic mass is 10.3. The number of carboxylic acid groups (broad SMARTS) is 1. The predicted octanol–water partition coefficient (Wildman–Crippen LogP) is 1.28. The monoisotopic (exact) mass is 310 g/mol. The van der Waals surface area contributed by atoms with E-state index >= 15 is 0 Å². The number of carboxylic acids is 1. The van der Waals surface area contributed by atoms with Crippen LogP contribution in [0, 0.1) is 0 Å². The highest BCUT2D eigenvalue weighted by atomic mass is 35.5. The van der Waals surface area contributed by atoms with Crippen LogP contribution >= 0.6 is 11.6 Å². The summed E-state index contributed by atoms with van der Waals surface area (Å²) >= 11 is 5.86. The van der Waals surface area contributed by atoms with Gasteiger partial charge in [-0.3, -0.25) is 9.59 Å². The molecule has 110 valence electrons. The van der Waals surface area contributed by atoms with E-state index < -0.39 is 11.9 Å². The second-order valence-electron chi connectivity index (χ2n) is 3.99. The minimum atomic E-state index is -1.08. The Labute approximate surface area is 124 Å². The molecule has 0 fully saturated rings. The Morgan fingerprint density at radius 1 is 1.48 bits per heavy atom. The van der Waals surface area contributed by atoms with E-state index in [1.54, 1.807) is 12.1 Å². The van der Waals surface area contributed by atoms with Crippen LogP contribution in [0.2, 0.25) is 5.02 Å². The quantitative estimate of drug-likeness (QED) is 0.861. The Morgan fingerprint density at radius 3 is 2.90 bits per heavy atom. The molecule has 2 aromatic rings. The van der Waals surface area contributed by atoms with Gasteiger partial charge in [-0.25, -0.2) is 4.68 Å². The van der Waals surface area contributed by atoms with Gasteiger partial charge in [0.15, 0.2) is 5.69 Å². The maximum Gasteiger partial charge on any atom is 0.325 e. The van der Waals surface area contributed by atoms with Crippen LogP contribution in [0.5, 0.6) is 5.75 Å². The van der Waals surface area contributed by atoms with Gasteiger partial charge < -0.3 is 15.2 Å². The average Bonchev–Trinajstić information content (AvgIpc) is 2.86. The number of aliphatic carboxylic acids is 1. The van der Waals surface area contributed by atoms with Crippen molar-refractivity contribution in [2.24, 2.45) is 0 Å². The molecule has 1 heterocycles. The van der Waals surface area contributed by atoms with Crippen LogP contribution in [0.4, 0.5) is 5.69 Å². The SMILES string of the molecule is COc1ccc(Cl)cc1NC(=O)c1cn(CC(=O)O)nn1. The van der Waals surface area contributed by atoms with Gasteiger partial charge >= 0.3 is 5.97 Å². The first-order valence-corrected chi connectivity index (χ1v) is 6.14. The molecule has 21 heavy (non-hydrogen) atoms. The molecule has 0 aliphatic heterocycles. The third-order valence-electron chi connectivity index (χ3n) is 2.48. The molecule has 0 saturated carbocycles. The second kappa shape index (κ2) is 6.23. The number of rotatable bonds is 5. The van der Waals surface area contributed by atoms with Gasteiger partial charge in [0.1, 0.15) is 12.3 Å². The van der Waals surface area contributed by atoms with Crippen LogP contribution in [0.25, 0.3) is 0 Å². The molecule has 0 unspecified atom stereocenters. The van der Waals surface area contributed by atoms with E-state index in [1.165, 1.54) is 19.4 Å². The highest BCUT2D eigenvalue weighted by Crippen LogP contribution is 2.27. The minimum Gasteiger partial charge on any atom is -0.495 e. The normalized spacial score (nSPS) is 10.2. The van der Waals surface area contributed by atoms with E-state index in [2.05, 4.69) is 15.6 Å². The van der Waals surface area contributed by atoms with Crippen molar-refractivity contribution in [3.8, 4) is 5.75 Å². The number of methoxy groups -OCH3 is 1. The van der Waals surface area contributed by atoms with Crippen molar-refractivity contribution in [3.05, 3.63) is 35.1 Å². The summed E-state index contributed by atoms with van der Waals surface area (Å²) in [6.45, 7) is -0.374. The predicted molar refractivity (Wildman–Crippen MR) is 73.6 cm³/mol. The number of carbonyl (C=O) groups excluding carboxylic acids is 1. The van der Waals surface area contributed by atoms with Crippen molar-refractivity contribution in [3.63, 3.8) is 0 Å². The van der Waals surface area contributed by atoms with Crippen LogP contribution in [0.15, 0.2) is 24.4 Å². The first-order chi connectivity index (χ1) is 9.99. The fourth-order valence-electron chi connectivity index (χ4n) is 1.58. The number of anilines is 1. The number of hydrogen-bond acceptors (Lipinski definition) is 5. The van der Waals surface area contributed by atoms with E-state index in [1.807, 2.05) is 0 Å². The third-order valence-corrected chi connectivity index (χ3v) is 2.71. The van der Waals surface area contributed by atoms with Gasteiger partial charge in [0.25, 0.3) is 5.91 Å². The number of nitrogens with one attached hydrogen (secondary N) is 1. The second-order valence-corrected chi connectivity index (χ2v) is 4.43. The van der Waals surface area contributed by atoms with E-state index in [4.69, 9.17) is 21.4 Å². The number of benzene rings is 1. The lowest BCUT2D eigenvalue weighted by molar-refractivity contribution is -0.137. The van der Waals surface area contributed by atoms with E-state index in [9.17, 15) is 9.59 Å². The number of carbonyl (C=O) groups is 2. The Bertz CT molecular complexity index is 686. The topological polar surface area (TPSA) is 106 Å². The molecule has 9 heteroatoms. The molecular formula is C12H11ClN4O4. The van der Waals surface area contributed by atoms with Crippen LogP contribution in [0.1, 0.15) is 10.5 Å². The number of halogens is 1. The zero-order valence-corrected chi connectivity index (χ0v) is 11.7. The molecule has 1 amide bonds. The molecular weight excluding hydrogens is 300 g/mol. The van der Waals surface area contributed by atoms with Crippen LogP contribution in [-0.4, -0.2) is 39.1 Å². The number of amides is 1. The first-order valence-electron chi connectivity index (χ1n) is 5.76. The molecule has 0 atom stereocenters. The minimum absolute atomic E-state index is 0.0155. The van der Waals surface area contributed by atoms with Gasteiger partial charge in [-0.15, -0.1) is 5.10 Å². The summed E-state index contributed by atoms with van der Waals surface area (Å²) in [6, 6.07) is 4.76. The Kier molecular flexibility index (Phi) is 4.39. The smallest absolute Gasteiger partial charge is 0.325 e. The standard InChI is InChI=1S/C12H11ClN4O4/c1-21-10-3-2-7(13)4-8(10)14-12(20)9-5-17(16-15-9)6-11(18)19/h2-5H,6H2,1H3,(H,14,20)(H,18,19). The van der Waals surface area contributed by atoms with Crippen molar-refractivity contribution in [1.82, 2.24) is 15.0 Å². The highest BCUT2D eigenvalue weighted by molar-refractivity contribution is 6.31. The Balaban J connectivity index is 2.16. The van der Waals surface area contributed by atoms with Gasteiger partial charge in [0.05, 0.1) is 19.0 Å². The summed E-state index contributed by atoms with van der Waals surface area (Å²) in [5, 5.41) is 18.8. The fourth-order valence-corrected chi connectivity index (χ4v) is 1.75. The van der Waals surface area contributed by atoms with Crippen LogP contribution in [0.3, 0.4) is 0 Å². The van der Waals surface area contributed by atoms with Crippen LogP contribution < -0.4 is 10.1 Å². The van der Waals surface area contributed by atoms with E-state index in [-0.39, 0.29) is 12.2 Å². The molecule has 8 nitrogen and oxygen atoms in total. The third kappa shape index (κ3) is 3.69. The largest absolute Gasteiger partial charge is 0.495 e. The molecule has 0 saturated heterocycles. The molecule has 0 spiro atoms. The summed E-state index contributed by atoms with van der Waals surface area (Å²) in [4.78, 5) is 22.6. The number of aromatic nitrogens is 3. The molecule has 0 aliphatic rings. The van der Waals surface area contributed by atoms with Crippen molar-refractivity contribution >= 4 is 29.2 Å². The van der Waals surface area contributed by atoms with Gasteiger partial charge in [0.2, 0.25) is 0 Å². The zero-order chi connectivity index (χ0) is 15.4. The Morgan fingerprint density at radius 2 is 2.24 bits per heavy atom. The van der Waals surface area contributed by atoms with Crippen molar-refractivity contribution in [1.29, 1.82) is 0 Å². The maximum absolute atomic E-state index is 12.0.